The predicted octanol–water partition coefficient (Wildman–Crippen LogP) is 3.68. The summed E-state index contributed by atoms with van der Waals surface area (Å²) in [5.74, 6) is 0. The third-order valence-electron chi connectivity index (χ3n) is 3.50. The van der Waals surface area contributed by atoms with E-state index in [1.165, 1.54) is 34.8 Å². The van der Waals surface area contributed by atoms with Crippen molar-refractivity contribution in [1.82, 2.24) is 4.72 Å². The van der Waals surface area contributed by atoms with Crippen molar-refractivity contribution in [1.29, 1.82) is 0 Å². The molecular weight excluding hydrogens is 386 g/mol. The number of hydrogen-bond acceptors (Lipinski definition) is 5. The molecular formula is C16H14ClNO3S3. The lowest BCUT2D eigenvalue weighted by Crippen LogP contribution is -2.40. The normalized spacial score (nSPS) is 12.4. The molecule has 3 rings (SSSR count). The van der Waals surface area contributed by atoms with Crippen LogP contribution in [0.1, 0.15) is 9.75 Å². The van der Waals surface area contributed by atoms with E-state index in [1.807, 2.05) is 22.9 Å². The van der Waals surface area contributed by atoms with Crippen LogP contribution in [0.3, 0.4) is 0 Å². The molecule has 0 bridgehead atoms. The Labute approximate surface area is 153 Å². The highest BCUT2D eigenvalue weighted by molar-refractivity contribution is 7.89. The number of rotatable bonds is 6. The average Bonchev–Trinajstić information content (AvgIpc) is 3.26. The molecule has 3 aromatic rings. The van der Waals surface area contributed by atoms with Gasteiger partial charge in [0, 0.05) is 16.3 Å². The molecule has 0 unspecified atom stereocenters. The fourth-order valence-corrected chi connectivity index (χ4v) is 5.58. The van der Waals surface area contributed by atoms with Crippen molar-refractivity contribution >= 4 is 44.3 Å². The van der Waals surface area contributed by atoms with E-state index < -0.39 is 15.6 Å². The van der Waals surface area contributed by atoms with Gasteiger partial charge in [0.05, 0.1) is 5.02 Å². The number of nitrogens with one attached hydrogen (secondary N) is 1. The Kier molecular flexibility index (Phi) is 5.10. The summed E-state index contributed by atoms with van der Waals surface area (Å²) in [5, 5.41) is 15.0. The number of hydrogen-bond donors (Lipinski definition) is 2. The summed E-state index contributed by atoms with van der Waals surface area (Å²) in [6, 6.07) is 13.4. The average molecular weight is 400 g/mol. The summed E-state index contributed by atoms with van der Waals surface area (Å²) in [6.45, 7) is -0.179. The van der Waals surface area contributed by atoms with Gasteiger partial charge < -0.3 is 5.11 Å². The quantitative estimate of drug-likeness (QED) is 0.664. The van der Waals surface area contributed by atoms with Crippen LogP contribution in [0.5, 0.6) is 0 Å². The second-order valence-electron chi connectivity index (χ2n) is 5.07. The van der Waals surface area contributed by atoms with Gasteiger partial charge in [-0.25, -0.2) is 13.1 Å². The molecule has 0 saturated carbocycles. The molecule has 0 aliphatic carbocycles. The Bertz CT molecular complexity index is 872. The second kappa shape index (κ2) is 6.95. The molecule has 0 aliphatic rings. The van der Waals surface area contributed by atoms with Crippen molar-refractivity contribution in [3.8, 4) is 0 Å². The highest BCUT2D eigenvalue weighted by Crippen LogP contribution is 2.35. The van der Waals surface area contributed by atoms with Gasteiger partial charge in [0.2, 0.25) is 10.0 Å². The third-order valence-corrected chi connectivity index (χ3v) is 7.44. The Hall–Kier alpha value is -1.22. The maximum atomic E-state index is 12.5. The largest absolute Gasteiger partial charge is 0.377 e. The highest BCUT2D eigenvalue weighted by atomic mass is 35.5. The first kappa shape index (κ1) is 17.6. The molecule has 24 heavy (non-hydrogen) atoms. The van der Waals surface area contributed by atoms with Gasteiger partial charge in [-0.05, 0) is 35.0 Å². The monoisotopic (exact) mass is 399 g/mol. The second-order valence-corrected chi connectivity index (χ2v) is 9.11. The molecule has 0 atom stereocenters. The maximum Gasteiger partial charge on any atom is 0.242 e. The molecule has 8 heteroatoms. The van der Waals surface area contributed by atoms with Crippen LogP contribution in [0, 0.1) is 0 Å². The number of benzene rings is 1. The summed E-state index contributed by atoms with van der Waals surface area (Å²) in [7, 11) is -3.84. The lowest BCUT2D eigenvalue weighted by atomic mass is 10.0. The van der Waals surface area contributed by atoms with Gasteiger partial charge in [0.1, 0.15) is 10.5 Å². The first-order valence-corrected chi connectivity index (χ1v) is 10.6. The smallest absolute Gasteiger partial charge is 0.242 e. The summed E-state index contributed by atoms with van der Waals surface area (Å²) in [5.41, 5.74) is -1.42. The summed E-state index contributed by atoms with van der Waals surface area (Å²) >= 11 is 8.73. The highest BCUT2D eigenvalue weighted by Gasteiger charge is 2.35. The van der Waals surface area contributed by atoms with Crippen LogP contribution in [-0.2, 0) is 15.6 Å². The number of halogens is 1. The Morgan fingerprint density at radius 3 is 2.08 bits per heavy atom. The molecule has 2 N–H and O–H groups in total. The maximum absolute atomic E-state index is 12.5. The fourth-order valence-electron chi connectivity index (χ4n) is 2.26. The standard InChI is InChI=1S/C16H14ClNO3S3/c17-12-5-1-2-6-13(12)24(20,21)18-11-16(19,14-7-3-9-22-14)15-8-4-10-23-15/h1-10,18-19H,11H2. The van der Waals surface area contributed by atoms with Crippen LogP contribution in [-0.4, -0.2) is 20.1 Å². The minimum absolute atomic E-state index is 0.00799. The van der Waals surface area contributed by atoms with E-state index in [9.17, 15) is 13.5 Å². The van der Waals surface area contributed by atoms with Gasteiger partial charge >= 0.3 is 0 Å². The van der Waals surface area contributed by atoms with E-state index in [4.69, 9.17) is 11.6 Å². The van der Waals surface area contributed by atoms with E-state index in [0.717, 1.165) is 0 Å². The Balaban J connectivity index is 1.92. The Morgan fingerprint density at radius 1 is 1.00 bits per heavy atom. The van der Waals surface area contributed by atoms with Crippen LogP contribution >= 0.6 is 34.3 Å². The van der Waals surface area contributed by atoms with E-state index in [0.29, 0.717) is 9.75 Å². The molecule has 0 amide bonds. The van der Waals surface area contributed by atoms with E-state index in [1.54, 1.807) is 24.3 Å². The molecule has 0 radical (unpaired) electrons. The molecule has 126 valence electrons. The summed E-state index contributed by atoms with van der Waals surface area (Å²) in [6.07, 6.45) is 0. The first-order valence-electron chi connectivity index (χ1n) is 6.98. The van der Waals surface area contributed by atoms with Crippen LogP contribution < -0.4 is 4.72 Å². The zero-order valence-corrected chi connectivity index (χ0v) is 15.6. The van der Waals surface area contributed by atoms with Crippen LogP contribution in [0.15, 0.2) is 64.2 Å². The van der Waals surface area contributed by atoms with Crippen LogP contribution in [0.25, 0.3) is 0 Å². The topological polar surface area (TPSA) is 66.4 Å². The molecule has 0 saturated heterocycles. The molecule has 2 aromatic heterocycles. The van der Waals surface area contributed by atoms with Crippen molar-refractivity contribution in [3.63, 3.8) is 0 Å². The summed E-state index contributed by atoms with van der Waals surface area (Å²) in [4.78, 5) is 1.34. The molecule has 0 fully saturated rings. The van der Waals surface area contributed by atoms with Gasteiger partial charge in [-0.1, -0.05) is 35.9 Å². The van der Waals surface area contributed by atoms with Crippen molar-refractivity contribution < 1.29 is 13.5 Å². The van der Waals surface area contributed by atoms with Gasteiger partial charge in [-0.3, -0.25) is 0 Å². The van der Waals surface area contributed by atoms with Crippen LogP contribution in [0.4, 0.5) is 0 Å². The van der Waals surface area contributed by atoms with Crippen molar-refractivity contribution in [2.24, 2.45) is 0 Å². The van der Waals surface area contributed by atoms with Gasteiger partial charge in [-0.15, -0.1) is 22.7 Å². The molecule has 1 aromatic carbocycles. The zero-order chi connectivity index (χ0) is 17.2. The van der Waals surface area contributed by atoms with Crippen LogP contribution in [0.2, 0.25) is 5.02 Å². The minimum atomic E-state index is -3.84. The van der Waals surface area contributed by atoms with Crippen molar-refractivity contribution in [2.75, 3.05) is 6.54 Å². The number of sulfonamides is 1. The van der Waals surface area contributed by atoms with E-state index in [2.05, 4.69) is 4.72 Å². The molecule has 0 spiro atoms. The first-order chi connectivity index (χ1) is 11.4. The minimum Gasteiger partial charge on any atom is -0.377 e. The molecule has 0 aliphatic heterocycles. The lowest BCUT2D eigenvalue weighted by molar-refractivity contribution is 0.0937. The SMILES string of the molecule is O=S(=O)(NCC(O)(c1cccs1)c1cccs1)c1ccccc1Cl. The zero-order valence-electron chi connectivity index (χ0n) is 12.3. The van der Waals surface area contributed by atoms with E-state index >= 15 is 0 Å². The van der Waals surface area contributed by atoms with Gasteiger partial charge in [-0.2, -0.15) is 0 Å². The molecule has 2 heterocycles. The van der Waals surface area contributed by atoms with Crippen molar-refractivity contribution in [2.45, 2.75) is 10.5 Å². The fraction of sp³-hybridized carbons (Fsp3) is 0.125. The molecule has 4 nitrogen and oxygen atoms in total. The van der Waals surface area contributed by atoms with Crippen molar-refractivity contribution in [3.05, 3.63) is 74.1 Å². The Morgan fingerprint density at radius 2 is 1.58 bits per heavy atom. The van der Waals surface area contributed by atoms with E-state index in [-0.39, 0.29) is 16.5 Å². The van der Waals surface area contributed by atoms with Gasteiger partial charge in [0.15, 0.2) is 0 Å². The number of aliphatic hydroxyl groups is 1. The summed E-state index contributed by atoms with van der Waals surface area (Å²) < 4.78 is 27.6. The predicted molar refractivity (Wildman–Crippen MR) is 98.3 cm³/mol. The third kappa shape index (κ3) is 3.42. The van der Waals surface area contributed by atoms with Gasteiger partial charge in [0.25, 0.3) is 0 Å². The lowest BCUT2D eigenvalue weighted by Gasteiger charge is -2.26. The number of thiophene rings is 2.